The minimum atomic E-state index is 0.714. The maximum Gasteiger partial charge on any atom is 0.127 e. The van der Waals surface area contributed by atoms with Gasteiger partial charge in [0.05, 0.1) is 10.7 Å². The number of thiazole rings is 1. The van der Waals surface area contributed by atoms with E-state index in [9.17, 15) is 0 Å². The molecule has 0 atom stereocenters. The first-order valence-corrected chi connectivity index (χ1v) is 6.49. The summed E-state index contributed by atoms with van der Waals surface area (Å²) in [4.78, 5) is 5.10. The van der Waals surface area contributed by atoms with Gasteiger partial charge in [-0.2, -0.15) is 5.26 Å². The van der Waals surface area contributed by atoms with E-state index in [0.717, 1.165) is 28.6 Å². The number of aryl methyl sites for hydroxylation is 3. The molecule has 0 N–H and O–H groups in total. The van der Waals surface area contributed by atoms with Gasteiger partial charge in [-0.3, -0.25) is 0 Å². The van der Waals surface area contributed by atoms with E-state index in [-0.39, 0.29) is 0 Å². The predicted molar refractivity (Wildman–Crippen MR) is 70.4 cm³/mol. The van der Waals surface area contributed by atoms with Gasteiger partial charge in [-0.1, -0.05) is 23.7 Å². The van der Waals surface area contributed by atoms with Gasteiger partial charge in [-0.25, -0.2) is 4.98 Å². The van der Waals surface area contributed by atoms with Crippen LogP contribution in [0, 0.1) is 18.3 Å². The Bertz CT molecular complexity index is 569. The fourth-order valence-electron chi connectivity index (χ4n) is 1.61. The number of rotatable bonds is 3. The smallest absolute Gasteiger partial charge is 0.127 e. The van der Waals surface area contributed by atoms with Crippen LogP contribution in [0.4, 0.5) is 0 Å². The molecule has 0 unspecified atom stereocenters. The van der Waals surface area contributed by atoms with Crippen molar-refractivity contribution >= 4 is 22.9 Å². The zero-order valence-corrected chi connectivity index (χ0v) is 11.0. The van der Waals surface area contributed by atoms with E-state index in [1.807, 2.05) is 25.1 Å². The van der Waals surface area contributed by atoms with Crippen molar-refractivity contribution in [3.63, 3.8) is 0 Å². The highest BCUT2D eigenvalue weighted by molar-refractivity contribution is 7.12. The topological polar surface area (TPSA) is 36.7 Å². The molecular weight excluding hydrogens is 252 g/mol. The van der Waals surface area contributed by atoms with Gasteiger partial charge in [-0.05, 0) is 31.0 Å². The lowest BCUT2D eigenvalue weighted by atomic mass is 10.1. The van der Waals surface area contributed by atoms with Crippen molar-refractivity contribution in [1.82, 2.24) is 4.98 Å². The van der Waals surface area contributed by atoms with Crippen LogP contribution >= 0.6 is 22.9 Å². The van der Waals surface area contributed by atoms with Gasteiger partial charge in [0.1, 0.15) is 10.9 Å². The minimum absolute atomic E-state index is 0.714. The Morgan fingerprint density at radius 3 is 2.88 bits per heavy atom. The molecule has 0 saturated carbocycles. The average Bonchev–Trinajstić information content (AvgIpc) is 2.67. The Hall–Kier alpha value is -1.37. The van der Waals surface area contributed by atoms with Gasteiger partial charge >= 0.3 is 0 Å². The van der Waals surface area contributed by atoms with Gasteiger partial charge in [0.2, 0.25) is 0 Å². The normalized spacial score (nSPS) is 10.2. The van der Waals surface area contributed by atoms with Crippen LogP contribution < -0.4 is 0 Å². The van der Waals surface area contributed by atoms with Crippen LogP contribution in [0.1, 0.15) is 21.1 Å². The van der Waals surface area contributed by atoms with Gasteiger partial charge in [0.15, 0.2) is 0 Å². The van der Waals surface area contributed by atoms with E-state index >= 15 is 0 Å². The fraction of sp³-hybridized carbons (Fsp3) is 0.231. The lowest BCUT2D eigenvalue weighted by molar-refractivity contribution is 0.936. The number of aromatic nitrogens is 1. The standard InChI is InChI=1S/C13H11ClN2S/c1-9-12(8-15)17-13(16-9)6-5-10-3-2-4-11(14)7-10/h2-4,7H,5-6H2,1H3. The van der Waals surface area contributed by atoms with Crippen LogP contribution in [0.25, 0.3) is 0 Å². The highest BCUT2D eigenvalue weighted by Crippen LogP contribution is 2.19. The largest absolute Gasteiger partial charge is 0.245 e. The highest BCUT2D eigenvalue weighted by Gasteiger charge is 2.06. The summed E-state index contributed by atoms with van der Waals surface area (Å²) in [5.74, 6) is 0. The van der Waals surface area contributed by atoms with E-state index in [4.69, 9.17) is 16.9 Å². The molecule has 0 spiro atoms. The van der Waals surface area contributed by atoms with Gasteiger partial charge in [0, 0.05) is 11.4 Å². The molecule has 1 heterocycles. The van der Waals surface area contributed by atoms with Crippen molar-refractivity contribution in [2.45, 2.75) is 19.8 Å². The van der Waals surface area contributed by atoms with Crippen molar-refractivity contribution < 1.29 is 0 Å². The van der Waals surface area contributed by atoms with Crippen molar-refractivity contribution in [2.24, 2.45) is 0 Å². The Balaban J connectivity index is 2.05. The maximum absolute atomic E-state index is 8.86. The molecule has 0 amide bonds. The molecule has 86 valence electrons. The molecule has 0 saturated heterocycles. The lowest BCUT2D eigenvalue weighted by Crippen LogP contribution is -1.90. The summed E-state index contributed by atoms with van der Waals surface area (Å²) < 4.78 is 0. The summed E-state index contributed by atoms with van der Waals surface area (Å²) in [7, 11) is 0. The Kier molecular flexibility index (Phi) is 3.78. The maximum atomic E-state index is 8.86. The van der Waals surface area contributed by atoms with E-state index in [2.05, 4.69) is 17.1 Å². The number of nitriles is 1. The Morgan fingerprint density at radius 1 is 1.41 bits per heavy atom. The second-order valence-electron chi connectivity index (χ2n) is 3.76. The van der Waals surface area contributed by atoms with E-state index in [0.29, 0.717) is 4.88 Å². The molecule has 2 aromatic rings. The first-order valence-electron chi connectivity index (χ1n) is 5.30. The Labute approximate surface area is 110 Å². The summed E-state index contributed by atoms with van der Waals surface area (Å²) in [6, 6.07) is 9.99. The monoisotopic (exact) mass is 262 g/mol. The van der Waals surface area contributed by atoms with Gasteiger partial charge in [0.25, 0.3) is 0 Å². The summed E-state index contributed by atoms with van der Waals surface area (Å²) in [6.45, 7) is 1.87. The third kappa shape index (κ3) is 3.06. The van der Waals surface area contributed by atoms with E-state index < -0.39 is 0 Å². The number of benzene rings is 1. The second-order valence-corrected chi connectivity index (χ2v) is 5.28. The van der Waals surface area contributed by atoms with E-state index in [1.54, 1.807) is 0 Å². The first-order chi connectivity index (χ1) is 8.19. The molecule has 1 aromatic heterocycles. The predicted octanol–water partition coefficient (Wildman–Crippen LogP) is 3.76. The molecule has 0 bridgehead atoms. The Morgan fingerprint density at radius 2 is 2.24 bits per heavy atom. The quantitative estimate of drug-likeness (QED) is 0.844. The van der Waals surface area contributed by atoms with Crippen molar-refractivity contribution in [3.8, 4) is 6.07 Å². The van der Waals surface area contributed by atoms with Crippen LogP contribution in [0.5, 0.6) is 0 Å². The molecule has 0 aliphatic heterocycles. The molecule has 4 heteroatoms. The van der Waals surface area contributed by atoms with Gasteiger partial charge in [-0.15, -0.1) is 11.3 Å². The second kappa shape index (κ2) is 5.31. The average molecular weight is 263 g/mol. The van der Waals surface area contributed by atoms with Crippen LogP contribution in [-0.2, 0) is 12.8 Å². The summed E-state index contributed by atoms with van der Waals surface area (Å²) in [6.07, 6.45) is 1.76. The fourth-order valence-corrected chi connectivity index (χ4v) is 2.68. The van der Waals surface area contributed by atoms with Crippen molar-refractivity contribution in [3.05, 3.63) is 50.4 Å². The zero-order chi connectivity index (χ0) is 12.3. The molecule has 0 aliphatic rings. The van der Waals surface area contributed by atoms with Gasteiger partial charge < -0.3 is 0 Å². The van der Waals surface area contributed by atoms with Crippen LogP contribution in [-0.4, -0.2) is 4.98 Å². The molecule has 0 fully saturated rings. The molecule has 17 heavy (non-hydrogen) atoms. The SMILES string of the molecule is Cc1nc(CCc2cccc(Cl)c2)sc1C#N. The van der Waals surface area contributed by atoms with E-state index in [1.165, 1.54) is 16.9 Å². The minimum Gasteiger partial charge on any atom is -0.245 e. The molecule has 0 radical (unpaired) electrons. The molecule has 1 aromatic carbocycles. The third-order valence-electron chi connectivity index (χ3n) is 2.46. The van der Waals surface area contributed by atoms with Crippen LogP contribution in [0.2, 0.25) is 5.02 Å². The molecule has 2 rings (SSSR count). The number of hydrogen-bond acceptors (Lipinski definition) is 3. The summed E-state index contributed by atoms with van der Waals surface area (Å²) in [5.41, 5.74) is 2.03. The lowest BCUT2D eigenvalue weighted by Gasteiger charge is -1.99. The number of hydrogen-bond donors (Lipinski definition) is 0. The number of nitrogens with zero attached hydrogens (tertiary/aromatic N) is 2. The summed E-state index contributed by atoms with van der Waals surface area (Å²) in [5, 5.41) is 10.6. The number of halogens is 1. The third-order valence-corrected chi connectivity index (χ3v) is 3.82. The van der Waals surface area contributed by atoms with Crippen molar-refractivity contribution in [1.29, 1.82) is 5.26 Å². The summed E-state index contributed by atoms with van der Waals surface area (Å²) >= 11 is 7.40. The zero-order valence-electron chi connectivity index (χ0n) is 9.40. The molecule has 0 aliphatic carbocycles. The van der Waals surface area contributed by atoms with Crippen molar-refractivity contribution in [2.75, 3.05) is 0 Å². The molecule has 2 nitrogen and oxygen atoms in total. The van der Waals surface area contributed by atoms with Crippen LogP contribution in [0.3, 0.4) is 0 Å². The highest BCUT2D eigenvalue weighted by atomic mass is 35.5. The van der Waals surface area contributed by atoms with Crippen LogP contribution in [0.15, 0.2) is 24.3 Å². The molecular formula is C13H11ClN2S. The first kappa shape index (κ1) is 12.1.